The molecule has 0 aromatic heterocycles. The van der Waals surface area contributed by atoms with Crippen LogP contribution in [0.1, 0.15) is 0 Å². The molecule has 0 aromatic rings. The molecule has 192 valence electrons. The van der Waals surface area contributed by atoms with Crippen LogP contribution in [0.5, 0.6) is 0 Å². The maximum absolute atomic E-state index is 9.70. The molecule has 0 spiro atoms. The first kappa shape index (κ1) is 57.5. The minimum atomic E-state index is -0.975. The summed E-state index contributed by atoms with van der Waals surface area (Å²) >= 11 is 0. The van der Waals surface area contributed by atoms with Crippen molar-refractivity contribution in [2.24, 2.45) is 0 Å². The van der Waals surface area contributed by atoms with E-state index >= 15 is 0 Å². The Labute approximate surface area is 300 Å². The molecule has 0 bridgehead atoms. The van der Waals surface area contributed by atoms with Crippen LogP contribution in [-0.4, -0.2) is 122 Å². The first-order chi connectivity index (χ1) is 13.2. The molecule has 0 aromatic carbocycles. The van der Waals surface area contributed by atoms with Crippen LogP contribution in [0.4, 0.5) is 0 Å². The van der Waals surface area contributed by atoms with Crippen LogP contribution in [0.15, 0.2) is 0 Å². The molecule has 4 aliphatic heterocycles. The molecule has 4 saturated heterocycles. The minimum Gasteiger partial charge on any atom is -0.549 e. The van der Waals surface area contributed by atoms with Gasteiger partial charge in [0.2, 0.25) is 0 Å². The molecule has 0 amide bonds. The zero-order valence-corrected chi connectivity index (χ0v) is 30.4. The summed E-state index contributed by atoms with van der Waals surface area (Å²) in [5.41, 5.74) is 0. The molecule has 0 atom stereocenters. The number of carboxylic acids is 4. The van der Waals surface area contributed by atoms with E-state index in [-0.39, 0.29) is 169 Å². The molecule has 0 saturated carbocycles. The van der Waals surface area contributed by atoms with Crippen LogP contribution >= 0.6 is 0 Å². The summed E-state index contributed by atoms with van der Waals surface area (Å²) in [6.07, 6.45) is 0. The van der Waals surface area contributed by atoms with E-state index in [1.807, 2.05) is 0 Å². The fourth-order valence-corrected chi connectivity index (χ4v) is 1.65. The van der Waals surface area contributed by atoms with Crippen LogP contribution in [0.2, 0.25) is 0 Å². The Balaban J connectivity index is -0.0000000451. The quantitative estimate of drug-likeness (QED) is 0.158. The maximum atomic E-state index is 9.70. The third-order valence-electron chi connectivity index (χ3n) is 3.57. The zero-order valence-electron chi connectivity index (χ0n) is 22.4. The van der Waals surface area contributed by atoms with Gasteiger partial charge in [-0.15, -0.1) is 0 Å². The Hall–Kier alpha value is 1.56. The van der Waals surface area contributed by atoms with Crippen molar-refractivity contribution in [3.8, 4) is 0 Å². The molecular weight excluding hydrogens is 524 g/mol. The van der Waals surface area contributed by atoms with Crippen molar-refractivity contribution in [3.63, 3.8) is 0 Å². The second-order valence-corrected chi connectivity index (χ2v) is 6.59. The van der Waals surface area contributed by atoms with Crippen LogP contribution in [0, 0.1) is 0 Å². The second kappa shape index (κ2) is 32.8. The number of rotatable bonds is 8. The number of hydrogen-bond donors (Lipinski definition) is 4. The van der Waals surface area contributed by atoms with Crippen LogP contribution in [0.3, 0.4) is 0 Å². The Morgan fingerprint density at radius 3 is 0.528 bits per heavy atom. The molecule has 36 heavy (non-hydrogen) atoms. The summed E-state index contributed by atoms with van der Waals surface area (Å²) in [6, 6.07) is 0. The Kier molecular flexibility index (Phi) is 52.3. The van der Waals surface area contributed by atoms with E-state index in [0.29, 0.717) is 0 Å². The van der Waals surface area contributed by atoms with E-state index in [0.717, 1.165) is 52.4 Å². The second-order valence-electron chi connectivity index (χ2n) is 6.59. The number of nitrogens with zero attached hydrogens (tertiary/aromatic N) is 4. The van der Waals surface area contributed by atoms with Gasteiger partial charge in [0.25, 0.3) is 0 Å². The average molecular weight is 560 g/mol. The van der Waals surface area contributed by atoms with E-state index in [1.165, 1.54) is 0 Å². The number of carbonyl (C=O) groups is 4. The Morgan fingerprint density at radius 2 is 0.500 bits per heavy atom. The van der Waals surface area contributed by atoms with E-state index < -0.39 is 23.9 Å². The van der Waals surface area contributed by atoms with Gasteiger partial charge in [0, 0.05) is 78.5 Å². The Morgan fingerprint density at radius 1 is 0.389 bits per heavy atom. The van der Waals surface area contributed by atoms with Crippen LogP contribution in [-0.2, 0) is 19.2 Å². The van der Waals surface area contributed by atoms with Gasteiger partial charge >= 0.3 is 118 Å². The van der Waals surface area contributed by atoms with Gasteiger partial charge in [-0.1, -0.05) is 0 Å². The molecule has 12 N–H and O–H groups in total. The molecule has 4 fully saturated rings. The van der Waals surface area contributed by atoms with Crippen molar-refractivity contribution in [2.45, 2.75) is 0 Å². The van der Waals surface area contributed by atoms with E-state index in [4.69, 9.17) is 0 Å². The van der Waals surface area contributed by atoms with Crippen molar-refractivity contribution in [3.05, 3.63) is 0 Å². The predicted octanol–water partition coefficient (Wildman–Crippen LogP) is -19.1. The van der Waals surface area contributed by atoms with Crippen molar-refractivity contribution < 1.29 is 158 Å². The van der Waals surface area contributed by atoms with Gasteiger partial charge in [0.1, 0.15) is 0 Å². The average Bonchev–Trinajstić information content (AvgIpc) is 3.39. The van der Waals surface area contributed by atoms with Crippen molar-refractivity contribution >= 4 is 23.9 Å². The van der Waals surface area contributed by atoms with Gasteiger partial charge in [0.05, 0.1) is 23.9 Å². The summed E-state index contributed by atoms with van der Waals surface area (Å²) in [6.45, 7) is 7.84. The van der Waals surface area contributed by atoms with Crippen molar-refractivity contribution in [1.29, 1.82) is 0 Å². The molecule has 0 radical (unpaired) electrons. The van der Waals surface area contributed by atoms with Gasteiger partial charge in [-0.25, -0.2) is 0 Å². The van der Waals surface area contributed by atoms with Crippen LogP contribution < -0.4 is 163 Å². The van der Waals surface area contributed by atoms with Crippen molar-refractivity contribution in [1.82, 2.24) is 44.2 Å². The zero-order chi connectivity index (χ0) is 21.1. The molecule has 4 rings (SSSR count). The third-order valence-corrected chi connectivity index (χ3v) is 3.57. The molecule has 0 aliphatic carbocycles. The molecule has 0 unspecified atom stereocenters. The number of hydrogen-bond acceptors (Lipinski definition) is 16. The van der Waals surface area contributed by atoms with Gasteiger partial charge < -0.3 is 64.2 Å². The minimum absolute atomic E-state index is 0. The topological polar surface area (TPSA) is 313 Å². The monoisotopic (exact) mass is 560 g/mol. The van der Waals surface area contributed by atoms with Gasteiger partial charge in [-0.05, 0) is 0 Å². The fourth-order valence-electron chi connectivity index (χ4n) is 1.65. The standard InChI is InChI=1S/4C4H7NO2.4H3N.4Na/c4*6-4(7)3-5-1-2-5;;;;;;;;/h4*1-3H2,(H,6,7);4*1H3;;;;/q;;;;;;;;4*+1/p-4. The molecule has 4 heterocycles. The number of carbonyl (C=O) groups excluding carboxylic acids is 4. The SMILES string of the molecule is N.N.N.N.O=C([O-])CN1CC1.O=C([O-])CN1CC1.O=C([O-])CN1CC1.O=C([O-])CN1CC1.[Na+].[Na+].[Na+].[Na+]. The van der Waals surface area contributed by atoms with Gasteiger partial charge in [0.15, 0.2) is 0 Å². The Bertz CT molecular complexity index is 474. The summed E-state index contributed by atoms with van der Waals surface area (Å²) in [5, 5.41) is 38.8. The van der Waals surface area contributed by atoms with Gasteiger partial charge in [-0.2, -0.15) is 0 Å². The predicted molar refractivity (Wildman–Crippen MR) is 106 cm³/mol. The third kappa shape index (κ3) is 48.6. The van der Waals surface area contributed by atoms with Crippen molar-refractivity contribution in [2.75, 3.05) is 78.5 Å². The molecule has 16 nitrogen and oxygen atoms in total. The molecular formula is C16H36N8Na4O8. The van der Waals surface area contributed by atoms with E-state index in [9.17, 15) is 39.6 Å². The smallest absolute Gasteiger partial charge is 0.549 e. The summed E-state index contributed by atoms with van der Waals surface area (Å²) in [4.78, 5) is 45.9. The normalized spacial score (nSPS) is 15.1. The van der Waals surface area contributed by atoms with E-state index in [2.05, 4.69) is 0 Å². The summed E-state index contributed by atoms with van der Waals surface area (Å²) < 4.78 is 0. The van der Waals surface area contributed by atoms with Crippen LogP contribution in [0.25, 0.3) is 0 Å². The first-order valence-corrected chi connectivity index (χ1v) is 8.84. The number of aliphatic carboxylic acids is 4. The summed E-state index contributed by atoms with van der Waals surface area (Å²) in [7, 11) is 0. The first-order valence-electron chi connectivity index (χ1n) is 8.84. The molecule has 20 heteroatoms. The van der Waals surface area contributed by atoms with Gasteiger partial charge in [-0.3, -0.25) is 19.6 Å². The summed E-state index contributed by atoms with van der Waals surface area (Å²) in [5.74, 6) is -3.90. The largest absolute Gasteiger partial charge is 1.00 e. The maximum Gasteiger partial charge on any atom is 1.00 e. The fraction of sp³-hybridized carbons (Fsp3) is 0.750. The number of carboxylic acid groups (broad SMARTS) is 4. The molecule has 4 aliphatic rings. The van der Waals surface area contributed by atoms with E-state index in [1.54, 1.807) is 19.6 Å².